The zero-order valence-electron chi connectivity index (χ0n) is 10.4. The quantitative estimate of drug-likeness (QED) is 0.818. The number of carbonyl (C=O) groups is 1. The normalized spacial score (nSPS) is 18.5. The summed E-state index contributed by atoms with van der Waals surface area (Å²) in [6.45, 7) is -0.423. The minimum Gasteiger partial charge on any atom is -0.445 e. The van der Waals surface area contributed by atoms with Crippen LogP contribution in [0.5, 0.6) is 0 Å². The van der Waals surface area contributed by atoms with Crippen LogP contribution in [0, 0.1) is 0 Å². The number of amides is 1. The highest BCUT2D eigenvalue weighted by molar-refractivity contribution is 7.99. The molecule has 2 heterocycles. The molecule has 116 valence electrons. The summed E-state index contributed by atoms with van der Waals surface area (Å²) in [4.78, 5) is 27.0. The molecule has 0 radical (unpaired) electrons. The number of hydrogen-bond acceptors (Lipinski definition) is 6. The largest absolute Gasteiger partial charge is 0.445 e. The third kappa shape index (κ3) is 5.23. The van der Waals surface area contributed by atoms with Crippen molar-refractivity contribution in [3.8, 4) is 0 Å². The van der Waals surface area contributed by atoms with Gasteiger partial charge in [-0.2, -0.15) is 4.98 Å². The number of nitrogens with zero attached hydrogens (tertiary/aromatic N) is 2. The fourth-order valence-corrected chi connectivity index (χ4v) is 2.45. The van der Waals surface area contributed by atoms with E-state index < -0.39 is 22.2 Å². The molecule has 1 unspecified atom stereocenters. The summed E-state index contributed by atoms with van der Waals surface area (Å²) in [5.41, 5.74) is -0.540. The highest BCUT2D eigenvalue weighted by Gasteiger charge is 2.23. The molecule has 1 aliphatic rings. The highest BCUT2D eigenvalue weighted by Crippen LogP contribution is 2.26. The lowest BCUT2D eigenvalue weighted by atomic mass is 10.5. The van der Waals surface area contributed by atoms with E-state index in [2.05, 4.69) is 15.0 Å². The first kappa shape index (κ1) is 16.7. The van der Waals surface area contributed by atoms with Crippen LogP contribution in [0.4, 0.5) is 10.6 Å². The van der Waals surface area contributed by atoms with Gasteiger partial charge in [0.2, 0.25) is 3.79 Å². The maximum absolute atomic E-state index is 11.8. The van der Waals surface area contributed by atoms with Gasteiger partial charge in [-0.3, -0.25) is 9.88 Å². The molecule has 0 aromatic carbocycles. The van der Waals surface area contributed by atoms with Gasteiger partial charge < -0.3 is 9.47 Å². The molecule has 1 saturated heterocycles. The average molecular weight is 375 g/mol. The fourth-order valence-electron chi connectivity index (χ4n) is 1.47. The molecule has 1 atom stereocenters. The number of hydrogen-bond donors (Lipinski definition) is 1. The summed E-state index contributed by atoms with van der Waals surface area (Å²) in [5.74, 6) is 1.23. The van der Waals surface area contributed by atoms with Crippen LogP contribution in [0.3, 0.4) is 0 Å². The third-order valence-corrected chi connectivity index (χ3v) is 3.49. The highest BCUT2D eigenvalue weighted by atomic mass is 35.6. The van der Waals surface area contributed by atoms with E-state index in [1.807, 2.05) is 0 Å². The smallest absolute Gasteiger partial charge is 0.412 e. The predicted molar refractivity (Wildman–Crippen MR) is 81.2 cm³/mol. The van der Waals surface area contributed by atoms with Gasteiger partial charge in [0.25, 0.3) is 0 Å². The second-order valence-corrected chi connectivity index (χ2v) is 7.42. The SMILES string of the molecule is O=C(Nc1ccn(C2CSCO2)c(=O)n1)OCC(Cl)(Cl)Cl. The van der Waals surface area contributed by atoms with Crippen molar-refractivity contribution in [1.29, 1.82) is 0 Å². The van der Waals surface area contributed by atoms with Crippen molar-refractivity contribution >= 4 is 58.5 Å². The molecule has 7 nitrogen and oxygen atoms in total. The Kier molecular flexibility index (Phi) is 5.61. The number of carbonyl (C=O) groups excluding carboxylic acids is 1. The first-order valence-electron chi connectivity index (χ1n) is 5.64. The molecule has 1 N–H and O–H groups in total. The molecular formula is C10H10Cl3N3O4S. The number of nitrogens with one attached hydrogen (secondary N) is 1. The number of ether oxygens (including phenoxy) is 2. The molecule has 1 aliphatic heterocycles. The molecular weight excluding hydrogens is 365 g/mol. The van der Waals surface area contributed by atoms with E-state index in [1.165, 1.54) is 16.8 Å². The lowest BCUT2D eigenvalue weighted by Crippen LogP contribution is -2.29. The summed E-state index contributed by atoms with van der Waals surface area (Å²) in [7, 11) is 0. The van der Waals surface area contributed by atoms with Crippen LogP contribution in [0.1, 0.15) is 6.23 Å². The van der Waals surface area contributed by atoms with Crippen molar-refractivity contribution in [2.75, 3.05) is 23.6 Å². The van der Waals surface area contributed by atoms with Crippen LogP contribution in [0.15, 0.2) is 17.1 Å². The van der Waals surface area contributed by atoms with E-state index in [-0.39, 0.29) is 12.0 Å². The van der Waals surface area contributed by atoms with Crippen molar-refractivity contribution < 1.29 is 14.3 Å². The first-order valence-corrected chi connectivity index (χ1v) is 7.93. The van der Waals surface area contributed by atoms with E-state index in [9.17, 15) is 9.59 Å². The van der Waals surface area contributed by atoms with Gasteiger partial charge in [-0.1, -0.05) is 34.8 Å². The van der Waals surface area contributed by atoms with Gasteiger partial charge in [-0.05, 0) is 6.07 Å². The Labute approximate surface area is 138 Å². The van der Waals surface area contributed by atoms with Gasteiger partial charge >= 0.3 is 11.8 Å². The van der Waals surface area contributed by atoms with Gasteiger partial charge in [0.15, 0.2) is 0 Å². The Hall–Kier alpha value is -0.670. The summed E-state index contributed by atoms with van der Waals surface area (Å²) in [6, 6.07) is 1.45. The van der Waals surface area contributed by atoms with Crippen LogP contribution < -0.4 is 11.0 Å². The van der Waals surface area contributed by atoms with Crippen LogP contribution >= 0.6 is 46.6 Å². The predicted octanol–water partition coefficient (Wildman–Crippen LogP) is 2.38. The van der Waals surface area contributed by atoms with Gasteiger partial charge in [-0.25, -0.2) is 9.59 Å². The minimum absolute atomic E-state index is 0.0382. The fraction of sp³-hybridized carbons (Fsp3) is 0.500. The zero-order valence-corrected chi connectivity index (χ0v) is 13.5. The zero-order chi connectivity index (χ0) is 15.5. The van der Waals surface area contributed by atoms with E-state index in [1.54, 1.807) is 11.8 Å². The molecule has 1 aromatic rings. The van der Waals surface area contributed by atoms with Crippen LogP contribution in [-0.4, -0.2) is 37.7 Å². The molecule has 0 aliphatic carbocycles. The number of halogens is 3. The van der Waals surface area contributed by atoms with E-state index >= 15 is 0 Å². The van der Waals surface area contributed by atoms with Crippen LogP contribution in [0.25, 0.3) is 0 Å². The molecule has 2 rings (SSSR count). The Morgan fingerprint density at radius 1 is 1.62 bits per heavy atom. The van der Waals surface area contributed by atoms with Crippen LogP contribution in [0.2, 0.25) is 0 Å². The molecule has 1 fully saturated rings. The molecule has 1 aromatic heterocycles. The van der Waals surface area contributed by atoms with Crippen molar-refractivity contribution in [3.63, 3.8) is 0 Å². The van der Waals surface area contributed by atoms with Gasteiger partial charge in [-0.15, -0.1) is 11.8 Å². The van der Waals surface area contributed by atoms with Gasteiger partial charge in [0.1, 0.15) is 18.7 Å². The van der Waals surface area contributed by atoms with E-state index in [0.29, 0.717) is 11.7 Å². The maximum atomic E-state index is 11.8. The summed E-state index contributed by atoms with van der Waals surface area (Å²) in [6.07, 6.45) is 0.259. The minimum atomic E-state index is -1.70. The van der Waals surface area contributed by atoms with Gasteiger partial charge in [0, 0.05) is 11.9 Å². The molecule has 0 spiro atoms. The number of rotatable bonds is 3. The Morgan fingerprint density at radius 2 is 2.38 bits per heavy atom. The summed E-state index contributed by atoms with van der Waals surface area (Å²) >= 11 is 17.9. The number of anilines is 1. The topological polar surface area (TPSA) is 82.5 Å². The van der Waals surface area contributed by atoms with Gasteiger partial charge in [0.05, 0.1) is 5.94 Å². The van der Waals surface area contributed by atoms with Crippen molar-refractivity contribution in [3.05, 3.63) is 22.7 Å². The van der Waals surface area contributed by atoms with Crippen LogP contribution in [-0.2, 0) is 9.47 Å². The molecule has 0 saturated carbocycles. The molecule has 0 bridgehead atoms. The Morgan fingerprint density at radius 3 is 2.95 bits per heavy atom. The Bertz CT molecular complexity index is 571. The third-order valence-electron chi connectivity index (χ3n) is 2.34. The second-order valence-electron chi connectivity index (χ2n) is 3.93. The monoisotopic (exact) mass is 373 g/mol. The summed E-state index contributed by atoms with van der Waals surface area (Å²) < 4.78 is 9.65. The average Bonchev–Trinajstić information content (AvgIpc) is 2.89. The molecule has 21 heavy (non-hydrogen) atoms. The number of aromatic nitrogens is 2. The standard InChI is InChI=1S/C10H10Cl3N3O4S/c11-10(12,13)4-19-9(18)15-6-1-2-16(8(17)14-6)7-3-21-5-20-7/h1-2,7H,3-5H2,(H,14,15,17,18). The maximum Gasteiger partial charge on any atom is 0.412 e. The number of thioether (sulfide) groups is 1. The first-order chi connectivity index (χ1) is 9.85. The van der Waals surface area contributed by atoms with Crippen molar-refractivity contribution in [2.45, 2.75) is 10.0 Å². The lowest BCUT2D eigenvalue weighted by Gasteiger charge is -2.13. The summed E-state index contributed by atoms with van der Waals surface area (Å²) in [5, 5.41) is 2.27. The second kappa shape index (κ2) is 7.06. The molecule has 1 amide bonds. The van der Waals surface area contributed by atoms with Crippen molar-refractivity contribution in [1.82, 2.24) is 9.55 Å². The van der Waals surface area contributed by atoms with E-state index in [4.69, 9.17) is 39.5 Å². The van der Waals surface area contributed by atoms with E-state index in [0.717, 1.165) is 0 Å². The lowest BCUT2D eigenvalue weighted by molar-refractivity contribution is 0.0639. The van der Waals surface area contributed by atoms with Crippen molar-refractivity contribution in [2.24, 2.45) is 0 Å². The number of alkyl halides is 3. The molecule has 11 heteroatoms. The Balaban J connectivity index is 1.97.